The van der Waals surface area contributed by atoms with E-state index in [0.29, 0.717) is 13.2 Å². The van der Waals surface area contributed by atoms with Gasteiger partial charge in [0, 0.05) is 31.5 Å². The van der Waals surface area contributed by atoms with Crippen molar-refractivity contribution in [3.05, 3.63) is 72.6 Å². The minimum atomic E-state index is -0.303. The van der Waals surface area contributed by atoms with Crippen molar-refractivity contribution in [2.24, 2.45) is 0 Å². The van der Waals surface area contributed by atoms with Crippen LogP contribution in [0.25, 0.3) is 0 Å². The van der Waals surface area contributed by atoms with Crippen molar-refractivity contribution in [2.75, 3.05) is 37.1 Å². The number of hydrogen-bond donors (Lipinski definition) is 0. The predicted octanol–water partition coefficient (Wildman–Crippen LogP) is 3.47. The average molecular weight is 310 g/mol. The Hall–Kier alpha value is -2.30. The Balaban J connectivity index is 1.93. The summed E-state index contributed by atoms with van der Waals surface area (Å²) in [6.45, 7) is 1.27. The van der Waals surface area contributed by atoms with Crippen molar-refractivity contribution >= 4 is 11.4 Å². The second-order valence-corrected chi connectivity index (χ2v) is 5.42. The molecule has 0 N–H and O–H groups in total. The van der Waals surface area contributed by atoms with Gasteiger partial charge in [0.25, 0.3) is 0 Å². The Labute approximate surface area is 137 Å². The summed E-state index contributed by atoms with van der Waals surface area (Å²) in [5.74, 6) is 1.01. The molecular formula is C19H22N2O2. The molecule has 23 heavy (non-hydrogen) atoms. The number of benzene rings is 2. The molecule has 4 heteroatoms. The third-order valence-corrected chi connectivity index (χ3v) is 3.91. The Bertz CT molecular complexity index is 589. The van der Waals surface area contributed by atoms with Gasteiger partial charge in [-0.05, 0) is 24.3 Å². The minimum Gasteiger partial charge on any atom is -0.346 e. The quantitative estimate of drug-likeness (QED) is 0.844. The van der Waals surface area contributed by atoms with Crippen LogP contribution in [-0.2, 0) is 9.47 Å². The second-order valence-electron chi connectivity index (χ2n) is 5.42. The highest BCUT2D eigenvalue weighted by Gasteiger charge is 2.19. The molecule has 0 aliphatic carbocycles. The van der Waals surface area contributed by atoms with Crippen molar-refractivity contribution in [3.8, 4) is 0 Å². The molecule has 0 spiro atoms. The Morgan fingerprint density at radius 2 is 1.26 bits per heavy atom. The first kappa shape index (κ1) is 15.6. The molecule has 0 bridgehead atoms. The van der Waals surface area contributed by atoms with Gasteiger partial charge in [-0.2, -0.15) is 0 Å². The molecule has 0 saturated carbocycles. The molecule has 2 aromatic carbocycles. The SMILES string of the molecule is CN(C(=CC1OCCO1)N(C)c1ccccc1)c1ccccc1. The lowest BCUT2D eigenvalue weighted by atomic mass is 10.2. The zero-order valence-corrected chi connectivity index (χ0v) is 13.6. The summed E-state index contributed by atoms with van der Waals surface area (Å²) in [6.07, 6.45) is 1.72. The zero-order chi connectivity index (χ0) is 16.1. The van der Waals surface area contributed by atoms with Crippen molar-refractivity contribution in [2.45, 2.75) is 6.29 Å². The van der Waals surface area contributed by atoms with Crippen LogP contribution in [0.1, 0.15) is 0 Å². The highest BCUT2D eigenvalue weighted by atomic mass is 16.7. The van der Waals surface area contributed by atoms with Gasteiger partial charge >= 0.3 is 0 Å². The summed E-state index contributed by atoms with van der Waals surface area (Å²) in [7, 11) is 4.10. The van der Waals surface area contributed by atoms with Crippen LogP contribution in [0, 0.1) is 0 Å². The van der Waals surface area contributed by atoms with Gasteiger partial charge in [-0.1, -0.05) is 36.4 Å². The maximum absolute atomic E-state index is 5.60. The van der Waals surface area contributed by atoms with E-state index in [1.54, 1.807) is 0 Å². The molecule has 120 valence electrons. The number of anilines is 2. The fourth-order valence-electron chi connectivity index (χ4n) is 2.61. The van der Waals surface area contributed by atoms with Gasteiger partial charge in [0.1, 0.15) is 5.82 Å². The van der Waals surface area contributed by atoms with Gasteiger partial charge in [0.05, 0.1) is 13.2 Å². The molecular weight excluding hydrogens is 288 g/mol. The van der Waals surface area contributed by atoms with Crippen LogP contribution in [0.15, 0.2) is 72.6 Å². The summed E-state index contributed by atoms with van der Waals surface area (Å²) in [5.41, 5.74) is 2.22. The Morgan fingerprint density at radius 1 is 0.826 bits per heavy atom. The molecule has 1 aliphatic heterocycles. The van der Waals surface area contributed by atoms with E-state index in [4.69, 9.17) is 9.47 Å². The fourth-order valence-corrected chi connectivity index (χ4v) is 2.61. The lowest BCUT2D eigenvalue weighted by Crippen LogP contribution is -2.31. The van der Waals surface area contributed by atoms with E-state index in [0.717, 1.165) is 17.2 Å². The molecule has 0 amide bonds. The van der Waals surface area contributed by atoms with Gasteiger partial charge in [-0.25, -0.2) is 0 Å². The first-order valence-corrected chi connectivity index (χ1v) is 7.78. The Kier molecular flexibility index (Phi) is 4.95. The largest absolute Gasteiger partial charge is 0.346 e. The summed E-state index contributed by atoms with van der Waals surface area (Å²) >= 11 is 0. The molecule has 1 saturated heterocycles. The van der Waals surface area contributed by atoms with Crippen molar-refractivity contribution in [3.63, 3.8) is 0 Å². The van der Waals surface area contributed by atoms with Crippen LogP contribution in [-0.4, -0.2) is 33.6 Å². The first-order valence-electron chi connectivity index (χ1n) is 7.78. The van der Waals surface area contributed by atoms with Gasteiger partial charge in [-0.15, -0.1) is 0 Å². The summed E-state index contributed by atoms with van der Waals surface area (Å²) in [6, 6.07) is 20.5. The molecule has 1 heterocycles. The van der Waals surface area contributed by atoms with Crippen LogP contribution in [0.2, 0.25) is 0 Å². The molecule has 2 aromatic rings. The second kappa shape index (κ2) is 7.31. The molecule has 1 aliphatic rings. The number of para-hydroxylation sites is 2. The van der Waals surface area contributed by atoms with E-state index in [-0.39, 0.29) is 6.29 Å². The van der Waals surface area contributed by atoms with Crippen molar-refractivity contribution in [1.82, 2.24) is 0 Å². The third kappa shape index (κ3) is 3.73. The Morgan fingerprint density at radius 3 is 1.70 bits per heavy atom. The fraction of sp³-hybridized carbons (Fsp3) is 0.263. The van der Waals surface area contributed by atoms with E-state index in [1.807, 2.05) is 42.5 Å². The molecule has 0 unspecified atom stereocenters. The van der Waals surface area contributed by atoms with Crippen LogP contribution < -0.4 is 9.80 Å². The number of hydrogen-bond acceptors (Lipinski definition) is 4. The summed E-state index contributed by atoms with van der Waals surface area (Å²) in [4.78, 5) is 4.27. The average Bonchev–Trinajstić information content (AvgIpc) is 3.13. The normalized spacial score (nSPS) is 14.5. The predicted molar refractivity (Wildman–Crippen MR) is 93.5 cm³/mol. The monoisotopic (exact) mass is 310 g/mol. The van der Waals surface area contributed by atoms with Crippen LogP contribution in [0.4, 0.5) is 11.4 Å². The molecule has 3 rings (SSSR count). The van der Waals surface area contributed by atoms with Crippen molar-refractivity contribution in [1.29, 1.82) is 0 Å². The van der Waals surface area contributed by atoms with E-state index in [9.17, 15) is 0 Å². The maximum atomic E-state index is 5.60. The molecule has 1 fully saturated rings. The lowest BCUT2D eigenvalue weighted by molar-refractivity contribution is -0.00229. The van der Waals surface area contributed by atoms with Crippen LogP contribution in [0.3, 0.4) is 0 Å². The number of rotatable bonds is 5. The van der Waals surface area contributed by atoms with Crippen LogP contribution in [0.5, 0.6) is 0 Å². The van der Waals surface area contributed by atoms with Gasteiger partial charge in [0.15, 0.2) is 6.29 Å². The van der Waals surface area contributed by atoms with Gasteiger partial charge in [-0.3, -0.25) is 0 Å². The minimum absolute atomic E-state index is 0.303. The highest BCUT2D eigenvalue weighted by Crippen LogP contribution is 2.24. The summed E-state index contributed by atoms with van der Waals surface area (Å²) in [5, 5.41) is 0. The molecule has 0 radical (unpaired) electrons. The standard InChI is InChI=1S/C19H22N2O2/c1-20(16-9-5-3-6-10-16)18(15-19-22-13-14-23-19)21(2)17-11-7-4-8-12-17/h3-12,15,19H,13-14H2,1-2H3. The maximum Gasteiger partial charge on any atom is 0.180 e. The van der Waals surface area contributed by atoms with E-state index >= 15 is 0 Å². The van der Waals surface area contributed by atoms with E-state index in [2.05, 4.69) is 48.2 Å². The molecule has 4 nitrogen and oxygen atoms in total. The summed E-state index contributed by atoms with van der Waals surface area (Å²) < 4.78 is 11.2. The van der Waals surface area contributed by atoms with Crippen molar-refractivity contribution < 1.29 is 9.47 Å². The highest BCUT2D eigenvalue weighted by molar-refractivity contribution is 5.59. The first-order chi connectivity index (χ1) is 11.3. The van der Waals surface area contributed by atoms with Crippen LogP contribution >= 0.6 is 0 Å². The van der Waals surface area contributed by atoms with E-state index < -0.39 is 0 Å². The topological polar surface area (TPSA) is 24.9 Å². The number of ether oxygens (including phenoxy) is 2. The number of nitrogens with zero attached hydrogens (tertiary/aromatic N) is 2. The lowest BCUT2D eigenvalue weighted by Gasteiger charge is -2.31. The van der Waals surface area contributed by atoms with E-state index in [1.165, 1.54) is 0 Å². The smallest absolute Gasteiger partial charge is 0.180 e. The van der Waals surface area contributed by atoms with Gasteiger partial charge < -0.3 is 19.3 Å². The van der Waals surface area contributed by atoms with Gasteiger partial charge in [0.2, 0.25) is 0 Å². The third-order valence-electron chi connectivity index (χ3n) is 3.91. The molecule has 0 aromatic heterocycles. The zero-order valence-electron chi connectivity index (χ0n) is 13.6. The molecule has 0 atom stereocenters.